The van der Waals surface area contributed by atoms with Crippen molar-refractivity contribution in [2.75, 3.05) is 0 Å². The van der Waals surface area contributed by atoms with Gasteiger partial charge in [0.15, 0.2) is 0 Å². The Morgan fingerprint density at radius 3 is 2.09 bits per heavy atom. The van der Waals surface area contributed by atoms with Crippen molar-refractivity contribution in [3.63, 3.8) is 0 Å². The second-order valence-electron chi connectivity index (χ2n) is 7.22. The van der Waals surface area contributed by atoms with E-state index in [4.69, 9.17) is 4.18 Å². The number of hydrogen-bond donors (Lipinski definition) is 0. The summed E-state index contributed by atoms with van der Waals surface area (Å²) < 4.78 is 43.9. The van der Waals surface area contributed by atoms with Crippen LogP contribution in [0.4, 0.5) is 4.39 Å². The summed E-state index contributed by atoms with van der Waals surface area (Å²) in [7, 11) is -3.94. The molecular formula is C17H25FO3S. The lowest BCUT2D eigenvalue weighted by Gasteiger charge is -2.23. The highest BCUT2D eigenvalue weighted by atomic mass is 32.2. The highest BCUT2D eigenvalue weighted by Crippen LogP contribution is 2.33. The maximum absolute atomic E-state index is 13.7. The molecule has 0 amide bonds. The summed E-state index contributed by atoms with van der Waals surface area (Å²) in [5, 5.41) is 0. The van der Waals surface area contributed by atoms with Crippen LogP contribution in [-0.2, 0) is 19.7 Å². The van der Waals surface area contributed by atoms with Crippen LogP contribution in [-0.4, -0.2) is 20.7 Å². The molecule has 124 valence electrons. The standard InChI is InChI=1S/C17H25FO3S/c1-11-9-13(17(3,4)5)10-12(2)16(11)22(19,20)21-15-8-6-7-14(15)18/h9-10,14-15H,6-8H2,1-5H3/t14-,15-/m0/s1. The Labute approximate surface area is 133 Å². The van der Waals surface area contributed by atoms with Crippen LogP contribution in [0.2, 0.25) is 0 Å². The molecule has 0 aliphatic heterocycles. The highest BCUT2D eigenvalue weighted by molar-refractivity contribution is 7.86. The lowest BCUT2D eigenvalue weighted by atomic mass is 9.85. The first-order chi connectivity index (χ1) is 10.0. The van der Waals surface area contributed by atoms with E-state index in [9.17, 15) is 12.8 Å². The normalized spacial score (nSPS) is 23.0. The molecule has 0 unspecified atom stereocenters. The number of aryl methyl sites for hydroxylation is 2. The van der Waals surface area contributed by atoms with Gasteiger partial charge in [-0.05, 0) is 55.2 Å². The first-order valence-corrected chi connectivity index (χ1v) is 9.12. The molecule has 1 saturated carbocycles. The minimum absolute atomic E-state index is 0.0614. The Kier molecular flexibility index (Phi) is 4.69. The van der Waals surface area contributed by atoms with Crippen LogP contribution >= 0.6 is 0 Å². The second kappa shape index (κ2) is 5.93. The molecule has 1 aliphatic rings. The first kappa shape index (κ1) is 17.4. The summed E-state index contributed by atoms with van der Waals surface area (Å²) in [6.45, 7) is 9.77. The van der Waals surface area contributed by atoms with Gasteiger partial charge in [0.1, 0.15) is 12.3 Å². The van der Waals surface area contributed by atoms with Crippen LogP contribution in [0, 0.1) is 13.8 Å². The zero-order valence-electron chi connectivity index (χ0n) is 13.9. The van der Waals surface area contributed by atoms with Crippen molar-refractivity contribution in [3.8, 4) is 0 Å². The maximum atomic E-state index is 13.7. The summed E-state index contributed by atoms with van der Waals surface area (Å²) in [6.07, 6.45) is -0.530. The van der Waals surface area contributed by atoms with Crippen LogP contribution in [0.15, 0.2) is 17.0 Å². The van der Waals surface area contributed by atoms with Gasteiger partial charge in [0.25, 0.3) is 10.1 Å². The Hall–Kier alpha value is -0.940. The van der Waals surface area contributed by atoms with Gasteiger partial charge in [0, 0.05) is 0 Å². The lowest BCUT2D eigenvalue weighted by molar-refractivity contribution is 0.131. The number of benzene rings is 1. The molecule has 5 heteroatoms. The van der Waals surface area contributed by atoms with E-state index in [1.54, 1.807) is 13.8 Å². The monoisotopic (exact) mass is 328 g/mol. The Bertz CT molecular complexity index is 636. The average Bonchev–Trinajstić information content (AvgIpc) is 2.71. The molecule has 1 aromatic rings. The van der Waals surface area contributed by atoms with E-state index in [1.807, 2.05) is 12.1 Å². The summed E-state index contributed by atoms with van der Waals surface area (Å²) >= 11 is 0. The van der Waals surface area contributed by atoms with E-state index in [0.29, 0.717) is 30.4 Å². The fraction of sp³-hybridized carbons (Fsp3) is 0.647. The third-order valence-corrected chi connectivity index (χ3v) is 5.84. The van der Waals surface area contributed by atoms with Crippen molar-refractivity contribution in [2.24, 2.45) is 0 Å². The molecule has 0 bridgehead atoms. The van der Waals surface area contributed by atoms with Crippen LogP contribution in [0.5, 0.6) is 0 Å². The van der Waals surface area contributed by atoms with E-state index in [0.717, 1.165) is 5.56 Å². The Morgan fingerprint density at radius 1 is 1.14 bits per heavy atom. The van der Waals surface area contributed by atoms with Gasteiger partial charge in [-0.1, -0.05) is 32.9 Å². The topological polar surface area (TPSA) is 43.4 Å². The molecule has 2 rings (SSSR count). The van der Waals surface area contributed by atoms with Gasteiger partial charge in [-0.2, -0.15) is 8.42 Å². The van der Waals surface area contributed by atoms with Crippen LogP contribution in [0.1, 0.15) is 56.7 Å². The van der Waals surface area contributed by atoms with E-state index < -0.39 is 22.4 Å². The molecule has 3 nitrogen and oxygen atoms in total. The molecule has 0 saturated heterocycles. The summed E-state index contributed by atoms with van der Waals surface area (Å²) in [4.78, 5) is 0.180. The molecule has 0 spiro atoms. The molecule has 2 atom stereocenters. The largest absolute Gasteiger partial charge is 0.297 e. The van der Waals surface area contributed by atoms with Crippen LogP contribution < -0.4 is 0 Å². The van der Waals surface area contributed by atoms with Crippen molar-refractivity contribution in [3.05, 3.63) is 28.8 Å². The van der Waals surface area contributed by atoms with Gasteiger partial charge in [0.05, 0.1) is 4.90 Å². The summed E-state index contributed by atoms with van der Waals surface area (Å²) in [5.74, 6) is 0. The zero-order valence-corrected chi connectivity index (χ0v) is 14.8. The molecular weight excluding hydrogens is 303 g/mol. The van der Waals surface area contributed by atoms with Crippen LogP contribution in [0.25, 0.3) is 0 Å². The third-order valence-electron chi connectivity index (χ3n) is 4.20. The first-order valence-electron chi connectivity index (χ1n) is 7.71. The van der Waals surface area contributed by atoms with E-state index in [1.165, 1.54) is 0 Å². The van der Waals surface area contributed by atoms with Crippen molar-refractivity contribution in [1.29, 1.82) is 0 Å². The number of halogens is 1. The van der Waals surface area contributed by atoms with E-state index >= 15 is 0 Å². The van der Waals surface area contributed by atoms with Gasteiger partial charge in [-0.25, -0.2) is 4.39 Å². The van der Waals surface area contributed by atoms with Gasteiger partial charge in [-0.15, -0.1) is 0 Å². The molecule has 0 aromatic heterocycles. The zero-order chi connectivity index (χ0) is 16.7. The highest BCUT2D eigenvalue weighted by Gasteiger charge is 2.34. The van der Waals surface area contributed by atoms with Gasteiger partial charge >= 0.3 is 0 Å². The van der Waals surface area contributed by atoms with Crippen molar-refractivity contribution >= 4 is 10.1 Å². The smallest absolute Gasteiger partial charge is 0.260 e. The van der Waals surface area contributed by atoms with Gasteiger partial charge < -0.3 is 0 Å². The number of rotatable bonds is 3. The quantitative estimate of drug-likeness (QED) is 0.781. The molecule has 0 heterocycles. The van der Waals surface area contributed by atoms with Gasteiger partial charge in [0.2, 0.25) is 0 Å². The summed E-state index contributed by atoms with van der Waals surface area (Å²) in [5.41, 5.74) is 2.32. The number of hydrogen-bond acceptors (Lipinski definition) is 3. The SMILES string of the molecule is Cc1cc(C(C)(C)C)cc(C)c1S(=O)(=O)O[C@H]1CCC[C@@H]1F. The molecule has 0 N–H and O–H groups in total. The minimum Gasteiger partial charge on any atom is -0.260 e. The average molecular weight is 328 g/mol. The predicted molar refractivity (Wildman–Crippen MR) is 85.4 cm³/mol. The van der Waals surface area contributed by atoms with E-state index in [-0.39, 0.29) is 10.3 Å². The lowest BCUT2D eigenvalue weighted by Crippen LogP contribution is -2.24. The number of alkyl halides is 1. The van der Waals surface area contributed by atoms with Crippen LogP contribution in [0.3, 0.4) is 0 Å². The molecule has 22 heavy (non-hydrogen) atoms. The Morgan fingerprint density at radius 2 is 1.68 bits per heavy atom. The minimum atomic E-state index is -3.94. The van der Waals surface area contributed by atoms with Gasteiger partial charge in [-0.3, -0.25) is 4.18 Å². The molecule has 1 aliphatic carbocycles. The molecule has 0 radical (unpaired) electrons. The third kappa shape index (κ3) is 3.51. The van der Waals surface area contributed by atoms with E-state index in [2.05, 4.69) is 20.8 Å². The fourth-order valence-electron chi connectivity index (χ4n) is 2.98. The van der Waals surface area contributed by atoms with Crippen molar-refractivity contribution in [1.82, 2.24) is 0 Å². The Balaban J connectivity index is 2.39. The van der Waals surface area contributed by atoms with Crippen molar-refractivity contribution in [2.45, 2.75) is 76.5 Å². The molecule has 1 aromatic carbocycles. The molecule has 1 fully saturated rings. The maximum Gasteiger partial charge on any atom is 0.297 e. The predicted octanol–water partition coefficient (Wildman–Crippen LogP) is 4.20. The fourth-order valence-corrected chi connectivity index (χ4v) is 4.52. The van der Waals surface area contributed by atoms with Crippen molar-refractivity contribution < 1.29 is 17.0 Å². The second-order valence-corrected chi connectivity index (χ2v) is 8.73. The summed E-state index contributed by atoms with van der Waals surface area (Å²) in [6, 6.07) is 3.76.